The molecule has 0 amide bonds. The summed E-state index contributed by atoms with van der Waals surface area (Å²) in [4.78, 5) is 15.4. The van der Waals surface area contributed by atoms with Crippen LogP contribution in [0, 0.1) is 5.92 Å². The van der Waals surface area contributed by atoms with Crippen molar-refractivity contribution >= 4 is 40.6 Å². The Kier molecular flexibility index (Phi) is 4.83. The number of carboxylic acids is 1. The van der Waals surface area contributed by atoms with Gasteiger partial charge in [0.25, 0.3) is 0 Å². The normalized spacial score (nSPS) is 21.6. The Labute approximate surface area is 122 Å². The molecule has 3 nitrogen and oxygen atoms in total. The highest BCUT2D eigenvalue weighted by Gasteiger charge is 2.23. The maximum absolute atomic E-state index is 10.9. The van der Waals surface area contributed by atoms with E-state index in [2.05, 4.69) is 4.99 Å². The van der Waals surface area contributed by atoms with E-state index in [1.165, 1.54) is 0 Å². The molecule has 0 saturated heterocycles. The molecule has 1 aliphatic carbocycles. The summed E-state index contributed by atoms with van der Waals surface area (Å²) in [6.45, 7) is 0. The topological polar surface area (TPSA) is 49.7 Å². The zero-order chi connectivity index (χ0) is 13.8. The summed E-state index contributed by atoms with van der Waals surface area (Å²) in [5.74, 6) is -0.788. The Balaban J connectivity index is 2.31. The molecule has 1 aliphatic rings. The van der Waals surface area contributed by atoms with Crippen LogP contribution in [0.3, 0.4) is 0 Å². The Morgan fingerprint density at radius 2 is 2.00 bits per heavy atom. The van der Waals surface area contributed by atoms with Crippen molar-refractivity contribution in [1.29, 1.82) is 0 Å². The van der Waals surface area contributed by atoms with Crippen molar-refractivity contribution in [2.75, 3.05) is 0 Å². The van der Waals surface area contributed by atoms with E-state index in [1.807, 2.05) is 0 Å². The van der Waals surface area contributed by atoms with Crippen molar-refractivity contribution in [3.8, 4) is 0 Å². The summed E-state index contributed by atoms with van der Waals surface area (Å²) >= 11 is 12.2. The van der Waals surface area contributed by atoms with Gasteiger partial charge in [-0.2, -0.15) is 0 Å². The predicted octanol–water partition coefficient (Wildman–Crippen LogP) is 4.73. The molecular weight excluding hydrogens is 285 g/mol. The summed E-state index contributed by atoms with van der Waals surface area (Å²) in [6.07, 6.45) is 3.90. The quantitative estimate of drug-likeness (QED) is 0.877. The van der Waals surface area contributed by atoms with Crippen molar-refractivity contribution in [2.24, 2.45) is 10.9 Å². The van der Waals surface area contributed by atoms with E-state index in [0.717, 1.165) is 31.4 Å². The molecule has 1 aromatic rings. The number of nitrogens with zero attached hydrogens (tertiary/aromatic N) is 1. The first-order chi connectivity index (χ1) is 9.08. The second-order valence-corrected chi connectivity index (χ2v) is 5.53. The van der Waals surface area contributed by atoms with E-state index < -0.39 is 5.97 Å². The predicted molar refractivity (Wildman–Crippen MR) is 77.8 cm³/mol. The van der Waals surface area contributed by atoms with Gasteiger partial charge in [-0.3, -0.25) is 9.79 Å². The van der Waals surface area contributed by atoms with Crippen LogP contribution in [0.5, 0.6) is 0 Å². The minimum atomic E-state index is -0.787. The van der Waals surface area contributed by atoms with Crippen molar-refractivity contribution in [1.82, 2.24) is 0 Å². The molecule has 1 N–H and O–H groups in total. The molecule has 0 aliphatic heterocycles. The van der Waals surface area contributed by atoms with Crippen molar-refractivity contribution in [3.63, 3.8) is 0 Å². The lowest BCUT2D eigenvalue weighted by Crippen LogP contribution is -2.22. The van der Waals surface area contributed by atoms with Gasteiger partial charge >= 0.3 is 5.97 Å². The third-order valence-electron chi connectivity index (χ3n) is 3.32. The highest BCUT2D eigenvalue weighted by molar-refractivity contribution is 6.38. The first kappa shape index (κ1) is 14.4. The zero-order valence-corrected chi connectivity index (χ0v) is 11.9. The fourth-order valence-corrected chi connectivity index (χ4v) is 2.87. The van der Waals surface area contributed by atoms with Gasteiger partial charge in [-0.1, -0.05) is 35.7 Å². The van der Waals surface area contributed by atoms with Gasteiger partial charge in [-0.05, 0) is 31.4 Å². The van der Waals surface area contributed by atoms with Crippen LogP contribution in [-0.2, 0) is 4.79 Å². The first-order valence-electron chi connectivity index (χ1n) is 6.31. The summed E-state index contributed by atoms with van der Waals surface area (Å²) < 4.78 is 0. The molecule has 102 valence electrons. The van der Waals surface area contributed by atoms with E-state index in [0.29, 0.717) is 15.7 Å². The molecule has 1 unspecified atom stereocenters. The average molecular weight is 300 g/mol. The Hall–Kier alpha value is -1.06. The van der Waals surface area contributed by atoms with Gasteiger partial charge in [0, 0.05) is 11.6 Å². The van der Waals surface area contributed by atoms with E-state index >= 15 is 0 Å². The van der Waals surface area contributed by atoms with E-state index in [-0.39, 0.29) is 12.3 Å². The van der Waals surface area contributed by atoms with Gasteiger partial charge in [0.2, 0.25) is 0 Å². The van der Waals surface area contributed by atoms with E-state index in [1.54, 1.807) is 18.2 Å². The lowest BCUT2D eigenvalue weighted by atomic mass is 9.85. The molecule has 5 heteroatoms. The zero-order valence-electron chi connectivity index (χ0n) is 10.4. The molecule has 19 heavy (non-hydrogen) atoms. The van der Waals surface area contributed by atoms with Crippen LogP contribution in [0.1, 0.15) is 32.1 Å². The van der Waals surface area contributed by atoms with Crippen molar-refractivity contribution in [2.45, 2.75) is 32.1 Å². The third-order valence-corrected chi connectivity index (χ3v) is 3.93. The molecule has 1 atom stereocenters. The molecule has 0 radical (unpaired) electrons. The lowest BCUT2D eigenvalue weighted by molar-refractivity contribution is -0.137. The number of hydrogen-bond donors (Lipinski definition) is 1. The van der Waals surface area contributed by atoms with Crippen molar-refractivity contribution < 1.29 is 9.90 Å². The van der Waals surface area contributed by atoms with Gasteiger partial charge < -0.3 is 5.11 Å². The smallest absolute Gasteiger partial charge is 0.304 e. The molecule has 0 bridgehead atoms. The number of carboxylic acid groups (broad SMARTS) is 1. The third kappa shape index (κ3) is 3.71. The maximum atomic E-state index is 10.9. The van der Waals surface area contributed by atoms with Gasteiger partial charge in [-0.25, -0.2) is 0 Å². The number of hydrogen-bond acceptors (Lipinski definition) is 2. The van der Waals surface area contributed by atoms with Crippen LogP contribution < -0.4 is 0 Å². The lowest BCUT2D eigenvalue weighted by Gasteiger charge is -2.23. The monoisotopic (exact) mass is 299 g/mol. The maximum Gasteiger partial charge on any atom is 0.304 e. The standard InChI is InChI=1S/C14H15Cl2NO2/c15-10-5-3-6-11(16)14(10)17-12-7-2-1-4-9(12)8-13(18)19/h3,5-6,9H,1-2,4,7-8H2,(H,18,19). The van der Waals surface area contributed by atoms with Crippen LogP contribution in [-0.4, -0.2) is 16.8 Å². The number of rotatable bonds is 3. The Morgan fingerprint density at radius 1 is 1.32 bits per heavy atom. The molecule has 2 rings (SSSR count). The summed E-state index contributed by atoms with van der Waals surface area (Å²) in [5, 5.41) is 9.95. The number of aliphatic imine (C=N–C) groups is 1. The SMILES string of the molecule is O=C(O)CC1CCCCC1=Nc1c(Cl)cccc1Cl. The molecule has 0 aromatic heterocycles. The van der Waals surface area contributed by atoms with Gasteiger partial charge in [-0.15, -0.1) is 0 Å². The molecule has 0 heterocycles. The minimum Gasteiger partial charge on any atom is -0.481 e. The molecule has 1 saturated carbocycles. The highest BCUT2D eigenvalue weighted by atomic mass is 35.5. The number of benzene rings is 1. The van der Waals surface area contributed by atoms with E-state index in [4.69, 9.17) is 28.3 Å². The van der Waals surface area contributed by atoms with E-state index in [9.17, 15) is 4.79 Å². The number of aliphatic carboxylic acids is 1. The molecule has 0 spiro atoms. The number of para-hydroxylation sites is 1. The second-order valence-electron chi connectivity index (χ2n) is 4.71. The average Bonchev–Trinajstić information content (AvgIpc) is 2.35. The minimum absolute atomic E-state index is 0.00131. The summed E-state index contributed by atoms with van der Waals surface area (Å²) in [5.41, 5.74) is 1.46. The molecule has 1 aromatic carbocycles. The first-order valence-corrected chi connectivity index (χ1v) is 7.07. The van der Waals surface area contributed by atoms with Gasteiger partial charge in [0.05, 0.1) is 16.5 Å². The van der Waals surface area contributed by atoms with Crippen LogP contribution in [0.15, 0.2) is 23.2 Å². The van der Waals surface area contributed by atoms with Gasteiger partial charge in [0.15, 0.2) is 0 Å². The fraction of sp³-hybridized carbons (Fsp3) is 0.429. The Bertz CT molecular complexity index is 494. The van der Waals surface area contributed by atoms with Crippen LogP contribution in [0.2, 0.25) is 10.0 Å². The molecule has 1 fully saturated rings. The van der Waals surface area contributed by atoms with Crippen molar-refractivity contribution in [3.05, 3.63) is 28.2 Å². The second kappa shape index (κ2) is 6.40. The number of halogens is 2. The largest absolute Gasteiger partial charge is 0.481 e. The summed E-state index contributed by atoms with van der Waals surface area (Å²) in [7, 11) is 0. The van der Waals surface area contributed by atoms with Crippen LogP contribution >= 0.6 is 23.2 Å². The van der Waals surface area contributed by atoms with Crippen LogP contribution in [0.25, 0.3) is 0 Å². The fourth-order valence-electron chi connectivity index (χ4n) is 2.38. The van der Waals surface area contributed by atoms with Crippen LogP contribution in [0.4, 0.5) is 5.69 Å². The number of carbonyl (C=O) groups is 1. The highest BCUT2D eigenvalue weighted by Crippen LogP contribution is 2.35. The molecular formula is C14H15Cl2NO2. The summed E-state index contributed by atoms with van der Waals surface area (Å²) in [6, 6.07) is 5.24. The Morgan fingerprint density at radius 3 is 2.63 bits per heavy atom. The van der Waals surface area contributed by atoms with Gasteiger partial charge in [0.1, 0.15) is 5.69 Å².